The van der Waals surface area contributed by atoms with Crippen LogP contribution in [-0.4, -0.2) is 31.1 Å². The van der Waals surface area contributed by atoms with Crippen LogP contribution in [0.3, 0.4) is 0 Å². The Morgan fingerprint density at radius 2 is 1.70 bits per heavy atom. The van der Waals surface area contributed by atoms with E-state index >= 15 is 0 Å². The van der Waals surface area contributed by atoms with E-state index in [0.717, 1.165) is 6.42 Å². The van der Waals surface area contributed by atoms with Crippen LogP contribution in [0, 0.1) is 16.7 Å². The zero-order valence-corrected chi connectivity index (χ0v) is 16.9. The average molecular weight is 378 g/mol. The van der Waals surface area contributed by atoms with Crippen LogP contribution in [0.15, 0.2) is 37.1 Å². The summed E-state index contributed by atoms with van der Waals surface area (Å²) in [6.07, 6.45) is 4.85. The largest absolute Gasteiger partial charge is 0.463 e. The average Bonchev–Trinajstić information content (AvgIpc) is 2.94. The third-order valence-electron chi connectivity index (χ3n) is 6.12. The first kappa shape index (κ1) is 22.7. The van der Waals surface area contributed by atoms with Crippen molar-refractivity contribution in [1.82, 2.24) is 0 Å². The predicted octanol–water partition coefficient (Wildman–Crippen LogP) is 3.72. The second-order valence-electron chi connectivity index (χ2n) is 7.82. The lowest BCUT2D eigenvalue weighted by molar-refractivity contribution is -0.150. The summed E-state index contributed by atoms with van der Waals surface area (Å²) in [5, 5.41) is 0. The smallest absolute Gasteiger partial charge is 0.373 e. The van der Waals surface area contributed by atoms with Crippen molar-refractivity contribution >= 4 is 17.9 Å². The molecule has 150 valence electrons. The van der Waals surface area contributed by atoms with Crippen molar-refractivity contribution in [3.05, 3.63) is 37.1 Å². The second kappa shape index (κ2) is 8.55. The molecule has 6 nitrogen and oxygen atoms in total. The van der Waals surface area contributed by atoms with E-state index in [0.29, 0.717) is 11.3 Å². The van der Waals surface area contributed by atoms with Crippen LogP contribution < -0.4 is 0 Å². The lowest BCUT2D eigenvalue weighted by atomic mass is 9.70. The summed E-state index contributed by atoms with van der Waals surface area (Å²) in [5.41, 5.74) is 0.662. The molecule has 27 heavy (non-hydrogen) atoms. The Morgan fingerprint density at radius 1 is 1.11 bits per heavy atom. The zero-order valence-electron chi connectivity index (χ0n) is 16.9. The highest BCUT2D eigenvalue weighted by Gasteiger charge is 2.62. The summed E-state index contributed by atoms with van der Waals surface area (Å²) in [6, 6.07) is 0. The molecule has 2 bridgehead atoms. The van der Waals surface area contributed by atoms with Crippen molar-refractivity contribution in [3.63, 3.8) is 0 Å². The predicted molar refractivity (Wildman–Crippen MR) is 101 cm³/mol. The number of fused-ring (bicyclic) bond motifs is 2. The van der Waals surface area contributed by atoms with E-state index in [2.05, 4.69) is 50.0 Å². The summed E-state index contributed by atoms with van der Waals surface area (Å²) < 4.78 is 14.2. The minimum Gasteiger partial charge on any atom is -0.463 e. The van der Waals surface area contributed by atoms with Crippen LogP contribution in [0.1, 0.15) is 47.0 Å². The molecule has 2 saturated carbocycles. The number of hydrogen-bond acceptors (Lipinski definition) is 6. The number of carbonyl (C=O) groups is 3. The number of esters is 3. The van der Waals surface area contributed by atoms with Crippen LogP contribution in [0.5, 0.6) is 0 Å². The minimum atomic E-state index is -0.774. The Morgan fingerprint density at radius 3 is 2.07 bits per heavy atom. The lowest BCUT2D eigenvalue weighted by Crippen LogP contribution is -2.38. The van der Waals surface area contributed by atoms with Gasteiger partial charge >= 0.3 is 17.9 Å². The molecule has 0 radical (unpaired) electrons. The standard InChI is InChI=1S/C13H20O2.C8H10O4/c1-5-11(14)15-10-8-9-6-7-13(10,4)12(9,2)3;1-5(2)7(9)12-6(3)8(10)11-4/h5,9-10H,1,6-8H2,2-4H3;1,3H2,2,4H3/t9-,10?,13-;/m1./s1. The van der Waals surface area contributed by atoms with Crippen LogP contribution >= 0.6 is 0 Å². The molecule has 0 spiro atoms. The monoisotopic (exact) mass is 378 g/mol. The minimum absolute atomic E-state index is 0.0942. The van der Waals surface area contributed by atoms with Crippen LogP contribution in [0.25, 0.3) is 0 Å². The normalized spacial score (nSPS) is 26.9. The highest BCUT2D eigenvalue weighted by molar-refractivity contribution is 5.93. The molecule has 2 fully saturated rings. The summed E-state index contributed by atoms with van der Waals surface area (Å²) in [7, 11) is 1.17. The van der Waals surface area contributed by atoms with Crippen molar-refractivity contribution in [3.8, 4) is 0 Å². The molecule has 2 aliphatic rings. The Balaban J connectivity index is 0.000000279. The number of carbonyl (C=O) groups excluding carboxylic acids is 3. The van der Waals surface area contributed by atoms with Crippen molar-refractivity contribution in [2.75, 3.05) is 7.11 Å². The van der Waals surface area contributed by atoms with E-state index < -0.39 is 11.9 Å². The molecule has 2 aliphatic carbocycles. The van der Waals surface area contributed by atoms with E-state index in [4.69, 9.17) is 4.74 Å². The van der Waals surface area contributed by atoms with Crippen LogP contribution in [0.4, 0.5) is 0 Å². The Hall–Kier alpha value is -2.37. The van der Waals surface area contributed by atoms with Gasteiger partial charge in [0.2, 0.25) is 5.76 Å². The summed E-state index contributed by atoms with van der Waals surface area (Å²) in [5.74, 6) is -1.37. The molecule has 0 amide bonds. The maximum absolute atomic E-state index is 11.3. The Labute approximate surface area is 161 Å². The quantitative estimate of drug-likeness (QED) is 0.314. The van der Waals surface area contributed by atoms with Crippen molar-refractivity contribution < 1.29 is 28.6 Å². The summed E-state index contributed by atoms with van der Waals surface area (Å²) in [4.78, 5) is 32.7. The zero-order chi connectivity index (χ0) is 21.0. The molecule has 3 atom stereocenters. The first-order chi connectivity index (χ1) is 12.4. The topological polar surface area (TPSA) is 78.9 Å². The van der Waals surface area contributed by atoms with Gasteiger partial charge in [-0.1, -0.05) is 33.9 Å². The molecule has 6 heteroatoms. The highest BCUT2D eigenvalue weighted by Crippen LogP contribution is 2.66. The second-order valence-corrected chi connectivity index (χ2v) is 7.82. The highest BCUT2D eigenvalue weighted by atomic mass is 16.6. The van der Waals surface area contributed by atoms with Gasteiger partial charge in [0.15, 0.2) is 0 Å². The van der Waals surface area contributed by atoms with E-state index in [1.807, 2.05) is 0 Å². The SMILES string of the molecule is C=C(C)C(=O)OC(=C)C(=O)OC.C=CC(=O)OC1C[C@H]2CC[C@@]1(C)C2(C)C. The van der Waals surface area contributed by atoms with Crippen LogP contribution in [-0.2, 0) is 28.6 Å². The number of methoxy groups -OCH3 is 1. The molecule has 0 heterocycles. The van der Waals surface area contributed by atoms with Gasteiger partial charge in [0.1, 0.15) is 6.10 Å². The number of ether oxygens (including phenoxy) is 3. The van der Waals surface area contributed by atoms with E-state index in [1.165, 1.54) is 33.0 Å². The van der Waals surface area contributed by atoms with E-state index in [9.17, 15) is 14.4 Å². The first-order valence-electron chi connectivity index (χ1n) is 8.88. The molecule has 1 unspecified atom stereocenters. The molecule has 0 N–H and O–H groups in total. The molecular formula is C21H30O6. The third-order valence-corrected chi connectivity index (χ3v) is 6.12. The summed E-state index contributed by atoms with van der Waals surface area (Å²) >= 11 is 0. The Bertz CT molecular complexity index is 660. The molecule has 0 aromatic heterocycles. The fourth-order valence-corrected chi connectivity index (χ4v) is 3.85. The maximum atomic E-state index is 11.3. The lowest BCUT2D eigenvalue weighted by Gasteiger charge is -2.38. The fourth-order valence-electron chi connectivity index (χ4n) is 3.85. The number of hydrogen-bond donors (Lipinski definition) is 0. The van der Waals surface area contributed by atoms with Crippen molar-refractivity contribution in [2.45, 2.75) is 53.1 Å². The van der Waals surface area contributed by atoms with Gasteiger partial charge in [0.05, 0.1) is 7.11 Å². The van der Waals surface area contributed by atoms with E-state index in [-0.39, 0.29) is 28.8 Å². The van der Waals surface area contributed by atoms with E-state index in [1.54, 1.807) is 0 Å². The molecule has 0 aromatic rings. The van der Waals surface area contributed by atoms with Gasteiger partial charge < -0.3 is 14.2 Å². The molecule has 0 saturated heterocycles. The van der Waals surface area contributed by atoms with Gasteiger partial charge in [-0.25, -0.2) is 14.4 Å². The van der Waals surface area contributed by atoms with Gasteiger partial charge in [-0.05, 0) is 44.1 Å². The van der Waals surface area contributed by atoms with Gasteiger partial charge in [-0.15, -0.1) is 0 Å². The summed E-state index contributed by atoms with van der Waals surface area (Å²) in [6.45, 7) is 18.3. The fraction of sp³-hybridized carbons (Fsp3) is 0.571. The first-order valence-corrected chi connectivity index (χ1v) is 8.88. The molecule has 0 aromatic carbocycles. The van der Waals surface area contributed by atoms with Gasteiger partial charge in [0, 0.05) is 17.1 Å². The molecule has 2 rings (SSSR count). The third kappa shape index (κ3) is 4.67. The maximum Gasteiger partial charge on any atom is 0.373 e. The molecular weight excluding hydrogens is 348 g/mol. The van der Waals surface area contributed by atoms with Gasteiger partial charge in [0.25, 0.3) is 0 Å². The van der Waals surface area contributed by atoms with Crippen molar-refractivity contribution in [2.24, 2.45) is 16.7 Å². The Kier molecular flexibility index (Phi) is 7.18. The van der Waals surface area contributed by atoms with Crippen molar-refractivity contribution in [1.29, 1.82) is 0 Å². The van der Waals surface area contributed by atoms with Crippen LogP contribution in [0.2, 0.25) is 0 Å². The molecule has 0 aliphatic heterocycles. The van der Waals surface area contributed by atoms with Gasteiger partial charge in [-0.2, -0.15) is 0 Å². The van der Waals surface area contributed by atoms with Gasteiger partial charge in [-0.3, -0.25) is 0 Å². The number of rotatable bonds is 5.